The van der Waals surface area contributed by atoms with Crippen LogP contribution < -0.4 is 10.6 Å². The summed E-state index contributed by atoms with van der Waals surface area (Å²) >= 11 is 0. The molecule has 0 aromatic heterocycles. The van der Waals surface area contributed by atoms with Gasteiger partial charge in [0.1, 0.15) is 5.84 Å². The number of hydrogen-bond acceptors (Lipinski definition) is 3. The molecule has 1 heterocycles. The van der Waals surface area contributed by atoms with E-state index in [1.807, 2.05) is 0 Å². The summed E-state index contributed by atoms with van der Waals surface area (Å²) in [7, 11) is 0. The van der Waals surface area contributed by atoms with Crippen molar-refractivity contribution >= 4 is 11.5 Å². The van der Waals surface area contributed by atoms with Crippen LogP contribution in [0.15, 0.2) is 35.3 Å². The van der Waals surface area contributed by atoms with Crippen molar-refractivity contribution in [3.8, 4) is 0 Å². The summed E-state index contributed by atoms with van der Waals surface area (Å²) in [5.74, 6) is 0.988. The summed E-state index contributed by atoms with van der Waals surface area (Å²) in [6, 6.07) is 8.62. The van der Waals surface area contributed by atoms with Crippen LogP contribution in [0.4, 0.5) is 0 Å². The van der Waals surface area contributed by atoms with Crippen LogP contribution in [-0.4, -0.2) is 24.5 Å². The molecule has 0 unspecified atom stereocenters. The molecule has 1 aliphatic heterocycles. The molecule has 114 valence electrons. The van der Waals surface area contributed by atoms with Gasteiger partial charge in [-0.2, -0.15) is 0 Å². The van der Waals surface area contributed by atoms with Crippen molar-refractivity contribution in [2.24, 2.45) is 4.99 Å². The zero-order valence-corrected chi connectivity index (χ0v) is 13.7. The molecule has 3 heteroatoms. The zero-order valence-electron chi connectivity index (χ0n) is 13.7. The summed E-state index contributed by atoms with van der Waals surface area (Å²) in [5.41, 5.74) is 3.75. The third-order valence-electron chi connectivity index (χ3n) is 4.34. The molecule has 21 heavy (non-hydrogen) atoms. The first-order valence-electron chi connectivity index (χ1n) is 7.91. The summed E-state index contributed by atoms with van der Waals surface area (Å²) in [6.07, 6.45) is 4.31. The number of amidine groups is 1. The number of nitrogens with zero attached hydrogens (tertiary/aromatic N) is 1. The van der Waals surface area contributed by atoms with E-state index in [2.05, 4.69) is 73.7 Å². The van der Waals surface area contributed by atoms with Gasteiger partial charge in [0, 0.05) is 23.9 Å². The molecule has 0 saturated carbocycles. The molecule has 0 saturated heterocycles. The van der Waals surface area contributed by atoms with E-state index in [1.165, 1.54) is 11.1 Å². The molecule has 0 fully saturated rings. The van der Waals surface area contributed by atoms with Crippen LogP contribution >= 0.6 is 0 Å². The van der Waals surface area contributed by atoms with Crippen molar-refractivity contribution < 1.29 is 0 Å². The van der Waals surface area contributed by atoms with E-state index >= 15 is 0 Å². The van der Waals surface area contributed by atoms with Crippen LogP contribution in [0.2, 0.25) is 0 Å². The van der Waals surface area contributed by atoms with E-state index in [-0.39, 0.29) is 5.54 Å². The van der Waals surface area contributed by atoms with Crippen LogP contribution in [-0.2, 0) is 0 Å². The Morgan fingerprint density at radius 2 is 1.86 bits per heavy atom. The Labute approximate surface area is 128 Å². The highest BCUT2D eigenvalue weighted by molar-refractivity contribution is 5.99. The number of hydrogen-bond donors (Lipinski definition) is 2. The van der Waals surface area contributed by atoms with Gasteiger partial charge in [-0.25, -0.2) is 0 Å². The lowest BCUT2D eigenvalue weighted by Crippen LogP contribution is -2.44. The third-order valence-corrected chi connectivity index (χ3v) is 4.34. The number of benzene rings is 1. The summed E-state index contributed by atoms with van der Waals surface area (Å²) < 4.78 is 0. The normalized spacial score (nSPS) is 15.6. The van der Waals surface area contributed by atoms with Crippen LogP contribution in [0, 0.1) is 6.92 Å². The minimum Gasteiger partial charge on any atom is -0.383 e. The van der Waals surface area contributed by atoms with Gasteiger partial charge < -0.3 is 10.6 Å². The lowest BCUT2D eigenvalue weighted by atomic mass is 9.95. The number of aliphatic imine (C=N–C) groups is 1. The summed E-state index contributed by atoms with van der Waals surface area (Å²) in [5, 5.41) is 7.09. The summed E-state index contributed by atoms with van der Waals surface area (Å²) in [4.78, 5) is 4.66. The first-order valence-corrected chi connectivity index (χ1v) is 7.91. The maximum absolute atomic E-state index is 4.66. The van der Waals surface area contributed by atoms with Crippen molar-refractivity contribution in [1.29, 1.82) is 0 Å². The Bertz CT molecular complexity index is 522. The molecule has 1 aromatic rings. The lowest BCUT2D eigenvalue weighted by Gasteiger charge is -2.29. The van der Waals surface area contributed by atoms with Crippen LogP contribution in [0.1, 0.15) is 44.7 Å². The number of aryl methyl sites for hydroxylation is 1. The second-order valence-electron chi connectivity index (χ2n) is 6.01. The van der Waals surface area contributed by atoms with Crippen LogP contribution in [0.25, 0.3) is 5.70 Å². The fraction of sp³-hybridized carbons (Fsp3) is 0.500. The van der Waals surface area contributed by atoms with E-state index in [0.29, 0.717) is 0 Å². The highest BCUT2D eigenvalue weighted by Gasteiger charge is 2.20. The molecule has 0 spiro atoms. The maximum atomic E-state index is 4.66. The van der Waals surface area contributed by atoms with Crippen molar-refractivity contribution in [3.05, 3.63) is 41.5 Å². The Kier molecular flexibility index (Phi) is 5.05. The van der Waals surface area contributed by atoms with Crippen molar-refractivity contribution in [1.82, 2.24) is 10.6 Å². The molecule has 0 radical (unpaired) electrons. The van der Waals surface area contributed by atoms with Gasteiger partial charge in [-0.15, -0.1) is 0 Å². The van der Waals surface area contributed by atoms with Gasteiger partial charge >= 0.3 is 0 Å². The standard InChI is InChI=1S/C18H27N3/c1-5-18(4,6-2)21-17-13-16(19-11-12-20-17)15-9-7-14(3)8-10-15/h7-10,13,19H,5-6,11-12H2,1-4H3,(H,20,21). The number of nitrogens with one attached hydrogen (secondary N) is 2. The fourth-order valence-electron chi connectivity index (χ4n) is 2.33. The molecule has 1 aromatic carbocycles. The van der Waals surface area contributed by atoms with Crippen LogP contribution in [0.3, 0.4) is 0 Å². The highest BCUT2D eigenvalue weighted by atomic mass is 15.1. The first kappa shape index (κ1) is 15.6. The van der Waals surface area contributed by atoms with Gasteiger partial charge in [0.05, 0.1) is 6.54 Å². The van der Waals surface area contributed by atoms with Gasteiger partial charge in [-0.05, 0) is 32.3 Å². The van der Waals surface area contributed by atoms with Crippen molar-refractivity contribution in [2.75, 3.05) is 13.1 Å². The van der Waals surface area contributed by atoms with E-state index < -0.39 is 0 Å². The van der Waals surface area contributed by atoms with Gasteiger partial charge in [-0.3, -0.25) is 4.99 Å². The Morgan fingerprint density at radius 3 is 2.48 bits per heavy atom. The average molecular weight is 285 g/mol. The van der Waals surface area contributed by atoms with E-state index in [1.54, 1.807) is 0 Å². The fourth-order valence-corrected chi connectivity index (χ4v) is 2.33. The molecule has 1 aliphatic rings. The molecule has 0 bridgehead atoms. The third kappa shape index (κ3) is 4.10. The molecular weight excluding hydrogens is 258 g/mol. The van der Waals surface area contributed by atoms with Crippen molar-refractivity contribution in [2.45, 2.75) is 46.1 Å². The van der Waals surface area contributed by atoms with Gasteiger partial charge in [0.25, 0.3) is 0 Å². The van der Waals surface area contributed by atoms with E-state index in [9.17, 15) is 0 Å². The predicted molar refractivity (Wildman–Crippen MR) is 91.6 cm³/mol. The van der Waals surface area contributed by atoms with E-state index in [0.717, 1.165) is 37.5 Å². The second-order valence-corrected chi connectivity index (χ2v) is 6.01. The topological polar surface area (TPSA) is 36.4 Å². The predicted octanol–water partition coefficient (Wildman–Crippen LogP) is 3.51. The second kappa shape index (κ2) is 6.79. The van der Waals surface area contributed by atoms with Gasteiger partial charge in [0.2, 0.25) is 0 Å². The maximum Gasteiger partial charge on any atom is 0.123 e. The Morgan fingerprint density at radius 1 is 1.19 bits per heavy atom. The van der Waals surface area contributed by atoms with Gasteiger partial charge in [-0.1, -0.05) is 43.7 Å². The monoisotopic (exact) mass is 285 g/mol. The Hall–Kier alpha value is -1.77. The van der Waals surface area contributed by atoms with Gasteiger partial charge in [0.15, 0.2) is 0 Å². The molecule has 0 atom stereocenters. The Balaban J connectivity index is 2.23. The molecule has 2 N–H and O–H groups in total. The summed E-state index contributed by atoms with van der Waals surface area (Å²) in [6.45, 7) is 10.5. The lowest BCUT2D eigenvalue weighted by molar-refractivity contribution is 0.389. The molecule has 0 aliphatic carbocycles. The molecule has 0 amide bonds. The average Bonchev–Trinajstić information content (AvgIpc) is 2.73. The number of rotatable bonds is 4. The quantitative estimate of drug-likeness (QED) is 0.888. The highest BCUT2D eigenvalue weighted by Crippen LogP contribution is 2.17. The SMILES string of the molecule is CCC(C)(CC)NC1=NCCNC(c2ccc(C)cc2)=C1. The van der Waals surface area contributed by atoms with Crippen molar-refractivity contribution in [3.63, 3.8) is 0 Å². The molecule has 3 nitrogen and oxygen atoms in total. The minimum atomic E-state index is 0.109. The smallest absolute Gasteiger partial charge is 0.123 e. The molecular formula is C18H27N3. The zero-order chi connectivity index (χ0) is 15.3. The van der Waals surface area contributed by atoms with Crippen LogP contribution in [0.5, 0.6) is 0 Å². The van der Waals surface area contributed by atoms with E-state index in [4.69, 9.17) is 0 Å². The molecule has 2 rings (SSSR count). The first-order chi connectivity index (χ1) is 10.1. The minimum absolute atomic E-state index is 0.109. The largest absolute Gasteiger partial charge is 0.383 e.